The number of hydrogen-bond acceptors (Lipinski definition) is 0. The quantitative estimate of drug-likeness (QED) is 0.559. The summed E-state index contributed by atoms with van der Waals surface area (Å²) in [6.45, 7) is 0. The number of unbranched alkanes of at least 4 members (excludes halogenated alkanes) is 2. The minimum Gasteiger partial charge on any atom is -0.242 e. The minimum absolute atomic E-state index is 0.287. The van der Waals surface area contributed by atoms with Gasteiger partial charge in [-0.25, -0.2) is 20.1 Å². The van der Waals surface area contributed by atoms with Gasteiger partial charge in [0.05, 0.1) is 0 Å². The second kappa shape index (κ2) is 6.04. The normalized spacial score (nSPS) is 19.8. The van der Waals surface area contributed by atoms with Gasteiger partial charge in [0.2, 0.25) is 0 Å². The topological polar surface area (TPSA) is 0 Å². The van der Waals surface area contributed by atoms with Crippen molar-refractivity contribution in [2.75, 3.05) is 42.1 Å². The second-order valence-electron chi connectivity index (χ2n) is 6.97. The molecule has 1 aliphatic rings. The van der Waals surface area contributed by atoms with Crippen molar-refractivity contribution in [3.8, 4) is 0 Å². The fraction of sp³-hybridized carbons (Fsp3) is 1.00. The van der Waals surface area contributed by atoms with Gasteiger partial charge in [0.15, 0.2) is 0 Å². The van der Waals surface area contributed by atoms with E-state index < -0.39 is 0 Å². The molecule has 0 bridgehead atoms. The van der Waals surface area contributed by atoms with E-state index in [4.69, 9.17) is 0 Å². The summed E-state index contributed by atoms with van der Waals surface area (Å²) in [6, 6.07) is 0. The summed E-state index contributed by atoms with van der Waals surface area (Å²) in [7, 11) is -0.578. The molecule has 0 aromatic carbocycles. The Labute approximate surface area is 107 Å². The Morgan fingerprint density at radius 3 is 2.00 bits per heavy atom. The van der Waals surface area contributed by atoms with E-state index in [0.717, 1.165) is 5.92 Å². The largest absolute Gasteiger partial charge is 0.242 e. The lowest BCUT2D eigenvalue weighted by Gasteiger charge is -2.40. The van der Waals surface area contributed by atoms with Gasteiger partial charge in [-0.2, -0.15) is 0 Å². The lowest BCUT2D eigenvalue weighted by atomic mass is 10.1. The summed E-state index contributed by atoms with van der Waals surface area (Å²) in [5.41, 5.74) is 0. The Bertz CT molecular complexity index is 199. The first-order chi connectivity index (χ1) is 7.29. The fourth-order valence-corrected chi connectivity index (χ4v) is 11.6. The van der Waals surface area contributed by atoms with Crippen LogP contribution in [0, 0.1) is 5.92 Å². The molecule has 0 aliphatic heterocycles. The van der Waals surface area contributed by atoms with Gasteiger partial charge in [-0.05, 0) is 49.4 Å². The van der Waals surface area contributed by atoms with Crippen molar-refractivity contribution < 1.29 is 0 Å². The van der Waals surface area contributed by atoms with Crippen molar-refractivity contribution in [2.45, 2.75) is 38.5 Å². The zero-order valence-corrected chi connectivity index (χ0v) is 13.7. The molecule has 1 fully saturated rings. The molecule has 0 unspecified atom stereocenters. The number of rotatable bonds is 8. The van der Waals surface area contributed by atoms with E-state index in [1.54, 1.807) is 0 Å². The molecule has 0 aromatic rings. The van der Waals surface area contributed by atoms with Crippen molar-refractivity contribution in [3.05, 3.63) is 0 Å². The van der Waals surface area contributed by atoms with E-state index in [-0.39, 0.29) is 20.1 Å². The van der Waals surface area contributed by atoms with Crippen LogP contribution in [-0.2, 0) is 0 Å². The lowest BCUT2D eigenvalue weighted by molar-refractivity contribution is 0.622. The van der Waals surface area contributed by atoms with E-state index >= 15 is 0 Å². The van der Waals surface area contributed by atoms with E-state index in [1.807, 2.05) is 0 Å². The number of hydrogen-bond donors (Lipinski definition) is 0. The summed E-state index contributed by atoms with van der Waals surface area (Å²) in [4.78, 5) is 0. The Morgan fingerprint density at radius 1 is 0.875 bits per heavy atom. The molecule has 0 radical (unpaired) electrons. The Balaban J connectivity index is 2.04. The molecule has 0 heterocycles. The van der Waals surface area contributed by atoms with E-state index in [1.165, 1.54) is 49.4 Å². The monoisotopic (exact) mass is 264 g/mol. The predicted octanol–water partition coefficient (Wildman–Crippen LogP) is 4.67. The highest BCUT2D eigenvalue weighted by atomic mass is 32.3. The first-order valence-corrected chi connectivity index (χ1v) is 12.4. The van der Waals surface area contributed by atoms with Gasteiger partial charge in [0.25, 0.3) is 0 Å². The van der Waals surface area contributed by atoms with Crippen LogP contribution in [0.4, 0.5) is 0 Å². The maximum Gasteiger partial charge on any atom is 0.00657 e. The molecular formula is C14H32S2. The smallest absolute Gasteiger partial charge is 0.00657 e. The first-order valence-electron chi connectivity index (χ1n) is 6.63. The fourth-order valence-electron chi connectivity index (χ4n) is 2.53. The summed E-state index contributed by atoms with van der Waals surface area (Å²) in [5.74, 6) is 2.65. The van der Waals surface area contributed by atoms with Gasteiger partial charge in [-0.1, -0.05) is 32.1 Å². The van der Waals surface area contributed by atoms with Crippen LogP contribution in [0.5, 0.6) is 0 Å². The zero-order chi connectivity index (χ0) is 12.2. The summed E-state index contributed by atoms with van der Waals surface area (Å²) >= 11 is 0. The van der Waals surface area contributed by atoms with Gasteiger partial charge in [-0.15, -0.1) is 0 Å². The molecule has 0 amide bonds. The highest BCUT2D eigenvalue weighted by molar-refractivity contribution is 8.47. The third-order valence-electron chi connectivity index (χ3n) is 3.18. The van der Waals surface area contributed by atoms with Crippen LogP contribution in [0.1, 0.15) is 38.5 Å². The molecule has 0 spiro atoms. The van der Waals surface area contributed by atoms with Crippen molar-refractivity contribution >= 4 is 20.1 Å². The standard InChI is InChI=1S/C14H32S2/c1-15(2,3)13-16(4,5)12-8-6-7-9-14-10-11-14/h14H,6-13H2,1-5H3. The third-order valence-corrected chi connectivity index (χ3v) is 9.95. The third kappa shape index (κ3) is 7.89. The molecule has 0 atom stereocenters. The maximum atomic E-state index is 2.55. The Kier molecular flexibility index (Phi) is 5.57. The molecule has 1 saturated carbocycles. The molecule has 16 heavy (non-hydrogen) atoms. The molecule has 0 N–H and O–H groups in total. The molecule has 0 nitrogen and oxygen atoms in total. The van der Waals surface area contributed by atoms with Crippen molar-refractivity contribution in [2.24, 2.45) is 5.92 Å². The predicted molar refractivity (Wildman–Crippen MR) is 85.7 cm³/mol. The van der Waals surface area contributed by atoms with Crippen molar-refractivity contribution in [1.29, 1.82) is 0 Å². The van der Waals surface area contributed by atoms with Gasteiger partial charge >= 0.3 is 0 Å². The highest BCUT2D eigenvalue weighted by Crippen LogP contribution is 2.53. The average Bonchev–Trinajstić information content (AvgIpc) is 2.82. The minimum atomic E-state index is -0.291. The van der Waals surface area contributed by atoms with Crippen LogP contribution < -0.4 is 0 Å². The van der Waals surface area contributed by atoms with E-state index in [2.05, 4.69) is 31.3 Å². The van der Waals surface area contributed by atoms with Crippen LogP contribution in [0.3, 0.4) is 0 Å². The summed E-state index contributed by atoms with van der Waals surface area (Å²) in [5, 5.41) is 1.52. The van der Waals surface area contributed by atoms with E-state index in [0.29, 0.717) is 0 Å². The van der Waals surface area contributed by atoms with Crippen LogP contribution in [0.25, 0.3) is 0 Å². The maximum absolute atomic E-state index is 2.55. The molecule has 2 heteroatoms. The Hall–Kier alpha value is 0.700. The SMILES string of the molecule is CS(C)(C)CS(C)(C)CCCCCC1CC1. The van der Waals surface area contributed by atoms with Gasteiger partial charge in [0, 0.05) is 5.08 Å². The summed E-state index contributed by atoms with van der Waals surface area (Å²) < 4.78 is 0. The van der Waals surface area contributed by atoms with Gasteiger partial charge in [0.1, 0.15) is 0 Å². The van der Waals surface area contributed by atoms with Crippen molar-refractivity contribution in [3.63, 3.8) is 0 Å². The van der Waals surface area contributed by atoms with Crippen LogP contribution in [0.15, 0.2) is 0 Å². The molecule has 0 saturated heterocycles. The van der Waals surface area contributed by atoms with E-state index in [9.17, 15) is 0 Å². The molecule has 0 aromatic heterocycles. The lowest BCUT2D eigenvalue weighted by Crippen LogP contribution is -2.11. The van der Waals surface area contributed by atoms with Gasteiger partial charge in [-0.3, -0.25) is 0 Å². The Morgan fingerprint density at radius 2 is 1.50 bits per heavy atom. The molecule has 1 aliphatic carbocycles. The summed E-state index contributed by atoms with van der Waals surface area (Å²) in [6.07, 6.45) is 21.6. The molecular weight excluding hydrogens is 232 g/mol. The second-order valence-corrected chi connectivity index (χ2v) is 16.0. The van der Waals surface area contributed by atoms with Crippen LogP contribution in [-0.4, -0.2) is 42.1 Å². The molecule has 1 rings (SSSR count). The van der Waals surface area contributed by atoms with Crippen molar-refractivity contribution in [1.82, 2.24) is 0 Å². The zero-order valence-electron chi connectivity index (χ0n) is 12.1. The highest BCUT2D eigenvalue weighted by Gasteiger charge is 2.20. The average molecular weight is 265 g/mol. The first kappa shape index (κ1) is 14.8. The van der Waals surface area contributed by atoms with Crippen LogP contribution in [0.2, 0.25) is 0 Å². The van der Waals surface area contributed by atoms with Crippen LogP contribution >= 0.6 is 20.1 Å². The van der Waals surface area contributed by atoms with Gasteiger partial charge < -0.3 is 0 Å². The molecule has 100 valence electrons.